The molecule has 0 radical (unpaired) electrons. The number of benzene rings is 2. The fraction of sp³-hybridized carbons (Fsp3) is 0.480. The summed E-state index contributed by atoms with van der Waals surface area (Å²) in [6.07, 6.45) is 5.13. The Balaban J connectivity index is 1.03. The van der Waals surface area contributed by atoms with E-state index < -0.39 is 0 Å². The summed E-state index contributed by atoms with van der Waals surface area (Å²) in [4.78, 5) is 16.5. The molecule has 5 heteroatoms. The van der Waals surface area contributed by atoms with Crippen molar-refractivity contribution < 1.29 is 9.53 Å². The molecule has 5 nitrogen and oxygen atoms in total. The molecule has 0 aromatic heterocycles. The summed E-state index contributed by atoms with van der Waals surface area (Å²) in [6.45, 7) is 6.23. The van der Waals surface area contributed by atoms with Gasteiger partial charge in [0.15, 0.2) is 0 Å². The molecule has 1 saturated carbocycles. The van der Waals surface area contributed by atoms with Crippen molar-refractivity contribution in [3.63, 3.8) is 0 Å². The number of nitrogens with one attached hydrogen (secondary N) is 1. The van der Waals surface area contributed by atoms with Gasteiger partial charge < -0.3 is 15.0 Å². The number of carbonyl (C=O) groups excluding carboxylic acids is 1. The Bertz CT molecular complexity index is 884. The molecule has 2 aromatic carbocycles. The Hall–Kier alpha value is -2.53. The van der Waals surface area contributed by atoms with Crippen LogP contribution in [-0.4, -0.2) is 50.1 Å². The molecule has 1 saturated heterocycles. The number of ether oxygens (including phenoxy) is 1. The molecule has 1 amide bonds. The Morgan fingerprint density at radius 3 is 2.53 bits per heavy atom. The predicted molar refractivity (Wildman–Crippen MR) is 121 cm³/mol. The van der Waals surface area contributed by atoms with Crippen molar-refractivity contribution in [1.82, 2.24) is 4.90 Å². The molecule has 2 fully saturated rings. The van der Waals surface area contributed by atoms with Crippen LogP contribution in [0.3, 0.4) is 0 Å². The van der Waals surface area contributed by atoms with Crippen LogP contribution >= 0.6 is 0 Å². The van der Waals surface area contributed by atoms with Crippen LogP contribution < -0.4 is 15.0 Å². The van der Waals surface area contributed by atoms with E-state index in [1.807, 2.05) is 12.1 Å². The zero-order valence-electron chi connectivity index (χ0n) is 17.6. The Morgan fingerprint density at radius 2 is 1.77 bits per heavy atom. The van der Waals surface area contributed by atoms with Gasteiger partial charge in [0.1, 0.15) is 5.75 Å². The van der Waals surface area contributed by atoms with Crippen LogP contribution in [-0.2, 0) is 11.2 Å². The standard InChI is InChI=1S/C25H31N3O2/c29-25-11-6-21-18-23(9-10-24(21)26-25)30-17-1-12-27-13-15-28(16-14-27)22-7-4-20(5-8-22)19-2-3-19/h4-5,7-10,18-19H,1-3,6,11-17H2,(H,26,29). The summed E-state index contributed by atoms with van der Waals surface area (Å²) >= 11 is 0. The van der Waals surface area contributed by atoms with Gasteiger partial charge in [-0.3, -0.25) is 9.69 Å². The van der Waals surface area contributed by atoms with Crippen molar-refractivity contribution in [2.75, 3.05) is 49.5 Å². The lowest BCUT2D eigenvalue weighted by atomic mass is 10.0. The molecule has 1 aliphatic carbocycles. The average molecular weight is 406 g/mol. The second kappa shape index (κ2) is 8.68. The number of fused-ring (bicyclic) bond motifs is 1. The van der Waals surface area contributed by atoms with Crippen molar-refractivity contribution in [1.29, 1.82) is 0 Å². The average Bonchev–Trinajstić information content (AvgIpc) is 3.63. The van der Waals surface area contributed by atoms with E-state index >= 15 is 0 Å². The maximum atomic E-state index is 11.5. The van der Waals surface area contributed by atoms with E-state index in [2.05, 4.69) is 45.4 Å². The third-order valence-electron chi connectivity index (χ3n) is 6.54. The highest BCUT2D eigenvalue weighted by molar-refractivity contribution is 5.94. The van der Waals surface area contributed by atoms with Crippen molar-refractivity contribution in [2.45, 2.75) is 38.0 Å². The van der Waals surface area contributed by atoms with E-state index in [9.17, 15) is 4.79 Å². The minimum absolute atomic E-state index is 0.103. The maximum Gasteiger partial charge on any atom is 0.224 e. The Morgan fingerprint density at radius 1 is 0.967 bits per heavy atom. The zero-order valence-corrected chi connectivity index (χ0v) is 17.6. The largest absolute Gasteiger partial charge is 0.494 e. The minimum atomic E-state index is 0.103. The van der Waals surface area contributed by atoms with Gasteiger partial charge in [-0.05, 0) is 73.1 Å². The number of rotatable bonds is 7. The quantitative estimate of drug-likeness (QED) is 0.706. The number of carbonyl (C=O) groups is 1. The number of piperazine rings is 1. The maximum absolute atomic E-state index is 11.5. The molecule has 30 heavy (non-hydrogen) atoms. The van der Waals surface area contributed by atoms with Crippen LogP contribution in [0.2, 0.25) is 0 Å². The van der Waals surface area contributed by atoms with Gasteiger partial charge in [0.25, 0.3) is 0 Å². The summed E-state index contributed by atoms with van der Waals surface area (Å²) in [5.74, 6) is 1.84. The highest BCUT2D eigenvalue weighted by atomic mass is 16.5. The Labute approximate surface area is 179 Å². The topological polar surface area (TPSA) is 44.8 Å². The second-order valence-corrected chi connectivity index (χ2v) is 8.76. The van der Waals surface area contributed by atoms with Gasteiger partial charge in [-0.25, -0.2) is 0 Å². The summed E-state index contributed by atoms with van der Waals surface area (Å²) in [5, 5.41) is 2.92. The summed E-state index contributed by atoms with van der Waals surface area (Å²) < 4.78 is 5.97. The molecule has 3 aliphatic rings. The van der Waals surface area contributed by atoms with E-state index in [1.165, 1.54) is 29.7 Å². The van der Waals surface area contributed by atoms with Gasteiger partial charge in [0, 0.05) is 50.5 Å². The molecule has 2 aliphatic heterocycles. The molecular formula is C25H31N3O2. The fourth-order valence-electron chi connectivity index (χ4n) is 4.53. The van der Waals surface area contributed by atoms with Crippen LogP contribution in [0, 0.1) is 0 Å². The monoisotopic (exact) mass is 405 g/mol. The van der Waals surface area contributed by atoms with Gasteiger partial charge in [0.05, 0.1) is 6.61 Å². The van der Waals surface area contributed by atoms with Gasteiger partial charge in [-0.2, -0.15) is 0 Å². The third kappa shape index (κ3) is 4.62. The van der Waals surface area contributed by atoms with E-state index in [0.717, 1.165) is 69.5 Å². The van der Waals surface area contributed by atoms with Gasteiger partial charge in [-0.1, -0.05) is 12.1 Å². The zero-order chi connectivity index (χ0) is 20.3. The summed E-state index contributed by atoms with van der Waals surface area (Å²) in [5.41, 5.74) is 4.99. The summed E-state index contributed by atoms with van der Waals surface area (Å²) in [6, 6.07) is 15.2. The second-order valence-electron chi connectivity index (χ2n) is 8.76. The van der Waals surface area contributed by atoms with Crippen LogP contribution in [0.4, 0.5) is 11.4 Å². The van der Waals surface area contributed by atoms with Gasteiger partial charge in [0.2, 0.25) is 5.91 Å². The third-order valence-corrected chi connectivity index (χ3v) is 6.54. The number of hydrogen-bond donors (Lipinski definition) is 1. The van der Waals surface area contributed by atoms with Gasteiger partial charge in [-0.15, -0.1) is 0 Å². The number of nitrogens with zero attached hydrogens (tertiary/aromatic N) is 2. The fourth-order valence-corrected chi connectivity index (χ4v) is 4.53. The molecule has 0 atom stereocenters. The van der Waals surface area contributed by atoms with Gasteiger partial charge >= 0.3 is 0 Å². The van der Waals surface area contributed by atoms with Crippen molar-refractivity contribution in [3.8, 4) is 5.75 Å². The highest BCUT2D eigenvalue weighted by Crippen LogP contribution is 2.40. The predicted octanol–water partition coefficient (Wildman–Crippen LogP) is 4.04. The first kappa shape index (κ1) is 19.4. The molecular weight excluding hydrogens is 374 g/mol. The first-order valence-corrected chi connectivity index (χ1v) is 11.4. The molecule has 2 aromatic rings. The Kier molecular flexibility index (Phi) is 5.63. The van der Waals surface area contributed by atoms with Crippen molar-refractivity contribution in [3.05, 3.63) is 53.6 Å². The van der Waals surface area contributed by atoms with Crippen LogP contribution in [0.15, 0.2) is 42.5 Å². The van der Waals surface area contributed by atoms with E-state index in [4.69, 9.17) is 4.74 Å². The number of anilines is 2. The number of hydrogen-bond acceptors (Lipinski definition) is 4. The number of aryl methyl sites for hydroxylation is 1. The molecule has 158 valence electrons. The molecule has 2 heterocycles. The molecule has 1 N–H and O–H groups in total. The van der Waals surface area contributed by atoms with Crippen LogP contribution in [0.1, 0.15) is 42.7 Å². The first-order valence-electron chi connectivity index (χ1n) is 11.4. The summed E-state index contributed by atoms with van der Waals surface area (Å²) in [7, 11) is 0. The molecule has 0 unspecified atom stereocenters. The first-order chi connectivity index (χ1) is 14.7. The number of amides is 1. The normalized spacial score (nSPS) is 19.3. The lowest BCUT2D eigenvalue weighted by molar-refractivity contribution is -0.116. The van der Waals surface area contributed by atoms with Crippen LogP contribution in [0.25, 0.3) is 0 Å². The van der Waals surface area contributed by atoms with Crippen LogP contribution in [0.5, 0.6) is 5.75 Å². The van der Waals surface area contributed by atoms with E-state index in [1.54, 1.807) is 0 Å². The molecule has 0 bridgehead atoms. The lowest BCUT2D eigenvalue weighted by Crippen LogP contribution is -2.46. The minimum Gasteiger partial charge on any atom is -0.494 e. The van der Waals surface area contributed by atoms with Crippen molar-refractivity contribution in [2.24, 2.45) is 0 Å². The molecule has 5 rings (SSSR count). The lowest BCUT2D eigenvalue weighted by Gasteiger charge is -2.36. The van der Waals surface area contributed by atoms with E-state index in [-0.39, 0.29) is 5.91 Å². The highest BCUT2D eigenvalue weighted by Gasteiger charge is 2.23. The molecule has 0 spiro atoms. The smallest absolute Gasteiger partial charge is 0.224 e. The SMILES string of the molecule is O=C1CCc2cc(OCCCN3CCN(c4ccc(C5CC5)cc4)CC3)ccc2N1. The van der Waals surface area contributed by atoms with Crippen molar-refractivity contribution >= 4 is 17.3 Å². The van der Waals surface area contributed by atoms with E-state index in [0.29, 0.717) is 6.42 Å².